The molecule has 8 heteroatoms. The molecule has 2 amide bonds. The Labute approximate surface area is 147 Å². The number of methoxy groups -OCH3 is 1. The van der Waals surface area contributed by atoms with Gasteiger partial charge in [0.2, 0.25) is 5.91 Å². The van der Waals surface area contributed by atoms with E-state index in [-0.39, 0.29) is 24.2 Å². The maximum atomic E-state index is 12.2. The lowest BCUT2D eigenvalue weighted by Gasteiger charge is -2.23. The van der Waals surface area contributed by atoms with Gasteiger partial charge in [-0.3, -0.25) is 9.59 Å². The predicted molar refractivity (Wildman–Crippen MR) is 93.1 cm³/mol. The Morgan fingerprint density at radius 3 is 2.92 bits per heavy atom. The van der Waals surface area contributed by atoms with Crippen LogP contribution in [0.1, 0.15) is 12.8 Å². The van der Waals surface area contributed by atoms with E-state index >= 15 is 0 Å². The molecule has 2 heterocycles. The lowest BCUT2D eigenvalue weighted by molar-refractivity contribution is -0.128. The molecule has 1 aromatic rings. The van der Waals surface area contributed by atoms with Crippen molar-refractivity contribution in [2.45, 2.75) is 18.9 Å². The average molecular weight is 356 g/mol. The Bertz CT molecular complexity index is 605. The third-order valence-electron chi connectivity index (χ3n) is 4.03. The Morgan fingerprint density at radius 2 is 2.29 bits per heavy atom. The number of benzene rings is 1. The van der Waals surface area contributed by atoms with E-state index < -0.39 is 6.10 Å². The summed E-state index contributed by atoms with van der Waals surface area (Å²) in [6.07, 6.45) is 0.926. The molecule has 2 saturated heterocycles. The number of carbonyl (C=O) groups is 2. The molecule has 2 N–H and O–H groups in total. The van der Waals surface area contributed by atoms with E-state index in [1.165, 1.54) is 0 Å². The number of hydrogen-bond donors (Lipinski definition) is 2. The van der Waals surface area contributed by atoms with E-state index in [0.717, 1.165) is 18.7 Å². The monoisotopic (exact) mass is 355 g/mol. The quantitative estimate of drug-likeness (QED) is 0.847. The van der Waals surface area contributed by atoms with E-state index in [0.29, 0.717) is 37.6 Å². The van der Waals surface area contributed by atoms with E-state index in [1.807, 2.05) is 0 Å². The fraction of sp³-hybridized carbons (Fsp3) is 0.500. The zero-order chi connectivity index (χ0) is 16.2. The summed E-state index contributed by atoms with van der Waals surface area (Å²) in [7, 11) is 1.55. The first-order valence-corrected chi connectivity index (χ1v) is 7.80. The van der Waals surface area contributed by atoms with Crippen molar-refractivity contribution >= 4 is 35.6 Å². The molecule has 0 aliphatic carbocycles. The highest BCUT2D eigenvalue weighted by Gasteiger charge is 2.25. The number of hydrogen-bond acceptors (Lipinski definition) is 5. The molecule has 0 aromatic heterocycles. The number of ether oxygens (including phenoxy) is 2. The summed E-state index contributed by atoms with van der Waals surface area (Å²) in [5.74, 6) is 0.478. The first kappa shape index (κ1) is 18.5. The smallest absolute Gasteiger partial charge is 0.254 e. The van der Waals surface area contributed by atoms with Crippen molar-refractivity contribution in [2.75, 3.05) is 43.6 Å². The van der Waals surface area contributed by atoms with Crippen molar-refractivity contribution in [3.05, 3.63) is 18.2 Å². The lowest BCUT2D eigenvalue weighted by Crippen LogP contribution is -2.45. The summed E-state index contributed by atoms with van der Waals surface area (Å²) in [6.45, 7) is 2.49. The summed E-state index contributed by atoms with van der Waals surface area (Å²) in [6, 6.07) is 5.31. The molecule has 3 rings (SSSR count). The van der Waals surface area contributed by atoms with Gasteiger partial charge in [-0.1, -0.05) is 0 Å². The van der Waals surface area contributed by atoms with Gasteiger partial charge in [0.25, 0.3) is 5.91 Å². The highest BCUT2D eigenvalue weighted by molar-refractivity contribution is 5.98. The molecule has 24 heavy (non-hydrogen) atoms. The number of carbonyl (C=O) groups excluding carboxylic acids is 2. The fourth-order valence-electron chi connectivity index (χ4n) is 2.84. The maximum absolute atomic E-state index is 12.2. The number of nitrogens with zero attached hydrogens (tertiary/aromatic N) is 1. The largest absolute Gasteiger partial charge is 0.494 e. The number of rotatable bonds is 4. The van der Waals surface area contributed by atoms with Crippen LogP contribution in [0.3, 0.4) is 0 Å². The van der Waals surface area contributed by atoms with Gasteiger partial charge in [-0.2, -0.15) is 0 Å². The number of anilines is 2. The van der Waals surface area contributed by atoms with Crippen molar-refractivity contribution in [2.24, 2.45) is 0 Å². The minimum atomic E-state index is -0.491. The Hall–Kier alpha value is -1.83. The van der Waals surface area contributed by atoms with Gasteiger partial charge in [0.05, 0.1) is 19.4 Å². The molecule has 1 unspecified atom stereocenters. The third kappa shape index (κ3) is 3.98. The van der Waals surface area contributed by atoms with E-state index in [4.69, 9.17) is 9.47 Å². The second-order valence-electron chi connectivity index (χ2n) is 5.59. The molecule has 1 atom stereocenters. The molecule has 2 fully saturated rings. The van der Waals surface area contributed by atoms with Gasteiger partial charge in [-0.05, 0) is 18.6 Å². The normalized spacial score (nSPS) is 20.5. The maximum Gasteiger partial charge on any atom is 0.254 e. The first-order chi connectivity index (χ1) is 11.2. The van der Waals surface area contributed by atoms with Crippen LogP contribution >= 0.6 is 12.4 Å². The summed E-state index contributed by atoms with van der Waals surface area (Å²) in [5, 5.41) is 5.95. The summed E-state index contributed by atoms with van der Waals surface area (Å²) in [4.78, 5) is 25.8. The molecular weight excluding hydrogens is 334 g/mol. The van der Waals surface area contributed by atoms with E-state index in [2.05, 4.69) is 10.6 Å². The third-order valence-corrected chi connectivity index (χ3v) is 4.03. The van der Waals surface area contributed by atoms with Gasteiger partial charge >= 0.3 is 0 Å². The number of nitrogens with one attached hydrogen (secondary N) is 2. The second-order valence-corrected chi connectivity index (χ2v) is 5.59. The standard InChI is InChI=1S/C16H21N3O4.ClH/c1-22-13-9-11(18-16(21)14-10-17-6-8-23-14)4-5-12(13)19-7-2-3-15(19)20;/h4-5,9,14,17H,2-3,6-8,10H2,1H3,(H,18,21);1H. The van der Waals surface area contributed by atoms with Crippen molar-refractivity contribution < 1.29 is 19.1 Å². The molecule has 1 aromatic carbocycles. The van der Waals surface area contributed by atoms with Crippen LogP contribution < -0.4 is 20.3 Å². The van der Waals surface area contributed by atoms with E-state index in [1.54, 1.807) is 30.2 Å². The lowest BCUT2D eigenvalue weighted by atomic mass is 10.2. The van der Waals surface area contributed by atoms with Gasteiger partial charge in [0.1, 0.15) is 11.9 Å². The van der Waals surface area contributed by atoms with Gasteiger partial charge < -0.3 is 25.0 Å². The molecule has 0 radical (unpaired) electrons. The van der Waals surface area contributed by atoms with Crippen LogP contribution in [0.2, 0.25) is 0 Å². The zero-order valence-corrected chi connectivity index (χ0v) is 14.4. The van der Waals surface area contributed by atoms with Crippen LogP contribution in [0, 0.1) is 0 Å². The highest BCUT2D eigenvalue weighted by Crippen LogP contribution is 2.33. The summed E-state index contributed by atoms with van der Waals surface area (Å²) < 4.78 is 10.8. The average Bonchev–Trinajstić information content (AvgIpc) is 3.01. The number of halogens is 1. The Balaban J connectivity index is 0.00000208. The minimum Gasteiger partial charge on any atom is -0.494 e. The molecule has 0 bridgehead atoms. The molecule has 0 spiro atoms. The molecule has 2 aliphatic heterocycles. The topological polar surface area (TPSA) is 79.9 Å². The predicted octanol–water partition coefficient (Wildman–Crippen LogP) is 1.17. The zero-order valence-electron chi connectivity index (χ0n) is 13.5. The first-order valence-electron chi connectivity index (χ1n) is 7.80. The SMILES string of the molecule is COc1cc(NC(=O)C2CNCCO2)ccc1N1CCCC1=O.Cl. The van der Waals surface area contributed by atoms with Crippen LogP contribution in [0.15, 0.2) is 18.2 Å². The molecule has 7 nitrogen and oxygen atoms in total. The van der Waals surface area contributed by atoms with E-state index in [9.17, 15) is 9.59 Å². The van der Waals surface area contributed by atoms with Crippen molar-refractivity contribution in [3.8, 4) is 5.75 Å². The van der Waals surface area contributed by atoms with Crippen LogP contribution in [0.4, 0.5) is 11.4 Å². The highest BCUT2D eigenvalue weighted by atomic mass is 35.5. The Morgan fingerprint density at radius 1 is 1.46 bits per heavy atom. The van der Waals surface area contributed by atoms with Gasteiger partial charge in [-0.25, -0.2) is 0 Å². The van der Waals surface area contributed by atoms with Crippen LogP contribution in [0.5, 0.6) is 5.75 Å². The second kappa shape index (κ2) is 8.32. The van der Waals surface area contributed by atoms with Crippen LogP contribution in [-0.4, -0.2) is 51.3 Å². The molecule has 0 saturated carbocycles. The van der Waals surface area contributed by atoms with Gasteiger partial charge in [0.15, 0.2) is 0 Å². The molecular formula is C16H22ClN3O4. The van der Waals surface area contributed by atoms with Crippen LogP contribution in [0.25, 0.3) is 0 Å². The summed E-state index contributed by atoms with van der Waals surface area (Å²) in [5.41, 5.74) is 1.36. The van der Waals surface area contributed by atoms with Crippen molar-refractivity contribution in [1.29, 1.82) is 0 Å². The Kier molecular flexibility index (Phi) is 6.42. The fourth-order valence-corrected chi connectivity index (χ4v) is 2.84. The summed E-state index contributed by atoms with van der Waals surface area (Å²) >= 11 is 0. The molecule has 132 valence electrons. The minimum absolute atomic E-state index is 0. The van der Waals surface area contributed by atoms with Gasteiger partial charge in [0, 0.05) is 37.8 Å². The van der Waals surface area contributed by atoms with Crippen molar-refractivity contribution in [3.63, 3.8) is 0 Å². The van der Waals surface area contributed by atoms with Crippen molar-refractivity contribution in [1.82, 2.24) is 5.32 Å². The number of amides is 2. The van der Waals surface area contributed by atoms with Crippen LogP contribution in [-0.2, 0) is 14.3 Å². The molecule has 2 aliphatic rings. The number of morpholine rings is 1. The van der Waals surface area contributed by atoms with Gasteiger partial charge in [-0.15, -0.1) is 12.4 Å².